The average Bonchev–Trinajstić information content (AvgIpc) is 2.92. The Morgan fingerprint density at radius 3 is 2.48 bits per heavy atom. The molecule has 2 aromatic carbocycles. The molecule has 1 aliphatic heterocycles. The quantitative estimate of drug-likeness (QED) is 0.362. The van der Waals surface area contributed by atoms with Gasteiger partial charge >= 0.3 is 5.97 Å². The monoisotopic (exact) mass is 329 g/mol. The lowest BCUT2D eigenvalue weighted by Gasteiger charge is -2.30. The van der Waals surface area contributed by atoms with Crippen molar-refractivity contribution in [3.63, 3.8) is 0 Å². The van der Waals surface area contributed by atoms with Gasteiger partial charge in [-0.05, 0) is 22.7 Å². The number of hydrogen-bond donors (Lipinski definition) is 0. The Balaban J connectivity index is 2.01. The summed E-state index contributed by atoms with van der Waals surface area (Å²) in [5.41, 5.74) is 9.09. The van der Waals surface area contributed by atoms with Gasteiger partial charge in [-0.1, -0.05) is 65.8 Å². The van der Waals surface area contributed by atoms with Gasteiger partial charge < -0.3 is 4.74 Å². The Bertz CT molecular complexity index is 1020. The zero-order chi connectivity index (χ0) is 17.4. The number of carbonyl (C=O) groups excluding carboxylic acids is 2. The predicted molar refractivity (Wildman–Crippen MR) is 91.1 cm³/mol. The van der Waals surface area contributed by atoms with Crippen molar-refractivity contribution in [1.29, 1.82) is 0 Å². The summed E-state index contributed by atoms with van der Waals surface area (Å²) in [6, 6.07) is 15.9. The molecule has 0 saturated carbocycles. The van der Waals surface area contributed by atoms with Gasteiger partial charge in [-0.15, -0.1) is 0 Å². The van der Waals surface area contributed by atoms with Gasteiger partial charge in [-0.25, -0.2) is 4.79 Å². The molecular weight excluding hydrogens is 318 g/mol. The molecule has 2 aliphatic rings. The van der Waals surface area contributed by atoms with Crippen molar-refractivity contribution in [2.75, 3.05) is 0 Å². The molecule has 0 fully saturated rings. The third kappa shape index (κ3) is 2.09. The Hall–Kier alpha value is -3.63. The van der Waals surface area contributed by atoms with Crippen molar-refractivity contribution in [1.82, 2.24) is 0 Å². The Morgan fingerprint density at radius 2 is 1.72 bits per heavy atom. The first kappa shape index (κ1) is 14.9. The van der Waals surface area contributed by atoms with E-state index in [-0.39, 0.29) is 17.1 Å². The number of hydrogen-bond acceptors (Lipinski definition) is 4. The van der Waals surface area contributed by atoms with Crippen LogP contribution in [0.4, 0.5) is 0 Å². The Labute approximate surface area is 142 Å². The van der Waals surface area contributed by atoms with E-state index < -0.39 is 11.6 Å². The number of Topliss-reactive ketones (excluding diaryl/α,β-unsaturated/α-hetero) is 1. The van der Waals surface area contributed by atoms with Gasteiger partial charge in [0.05, 0.1) is 0 Å². The summed E-state index contributed by atoms with van der Waals surface area (Å²) < 4.78 is 5.48. The summed E-state index contributed by atoms with van der Waals surface area (Å²) in [5, 5.41) is 3.50. The highest BCUT2D eigenvalue weighted by molar-refractivity contribution is 6.22. The van der Waals surface area contributed by atoms with E-state index in [0.29, 0.717) is 11.1 Å². The summed E-state index contributed by atoms with van der Waals surface area (Å²) >= 11 is 0. The number of benzene rings is 2. The van der Waals surface area contributed by atoms with E-state index in [1.807, 2.05) is 18.2 Å². The first-order chi connectivity index (χ1) is 12.2. The molecule has 0 radical (unpaired) electrons. The second-order valence-electron chi connectivity index (χ2n) is 5.65. The van der Waals surface area contributed by atoms with Gasteiger partial charge in [0.15, 0.2) is 0 Å². The van der Waals surface area contributed by atoms with Crippen LogP contribution >= 0.6 is 0 Å². The van der Waals surface area contributed by atoms with E-state index in [0.717, 1.165) is 5.56 Å². The SMILES string of the molecule is [N-]=[N+]=NC1=C(c2ccccc2)C2(C=Cc3ccccc3C2=O)OC1=O. The lowest BCUT2D eigenvalue weighted by molar-refractivity contribution is -0.141. The maximum atomic E-state index is 13.2. The van der Waals surface area contributed by atoms with E-state index in [9.17, 15) is 9.59 Å². The summed E-state index contributed by atoms with van der Waals surface area (Å²) in [7, 11) is 0. The summed E-state index contributed by atoms with van der Waals surface area (Å²) in [6.07, 6.45) is 3.30. The average molecular weight is 329 g/mol. The molecule has 0 aromatic heterocycles. The highest BCUT2D eigenvalue weighted by Gasteiger charge is 2.53. The number of azide groups is 1. The smallest absolute Gasteiger partial charge is 0.342 e. The first-order valence-corrected chi connectivity index (χ1v) is 7.59. The molecule has 0 N–H and O–H groups in total. The number of nitrogens with zero attached hydrogens (tertiary/aromatic N) is 3. The summed E-state index contributed by atoms with van der Waals surface area (Å²) in [4.78, 5) is 28.3. The molecule has 0 bridgehead atoms. The van der Waals surface area contributed by atoms with E-state index in [4.69, 9.17) is 10.3 Å². The van der Waals surface area contributed by atoms with Crippen LogP contribution in [0.15, 0.2) is 71.5 Å². The largest absolute Gasteiger partial charge is 0.438 e. The fourth-order valence-electron chi connectivity index (χ4n) is 3.22. The summed E-state index contributed by atoms with van der Waals surface area (Å²) in [5.74, 6) is -1.17. The van der Waals surface area contributed by atoms with E-state index in [1.54, 1.807) is 48.6 Å². The number of rotatable bonds is 2. The van der Waals surface area contributed by atoms with Gasteiger partial charge in [0.2, 0.25) is 11.4 Å². The van der Waals surface area contributed by atoms with Crippen LogP contribution < -0.4 is 0 Å². The molecule has 6 heteroatoms. The fourth-order valence-corrected chi connectivity index (χ4v) is 3.22. The number of ketones is 1. The first-order valence-electron chi connectivity index (χ1n) is 7.59. The Morgan fingerprint density at radius 1 is 1.00 bits per heavy atom. The van der Waals surface area contributed by atoms with Crippen LogP contribution in [0.25, 0.3) is 22.1 Å². The zero-order valence-corrected chi connectivity index (χ0v) is 12.9. The molecule has 2 aromatic rings. The maximum Gasteiger partial charge on any atom is 0.342 e. The number of esters is 1. The van der Waals surface area contributed by atoms with Crippen LogP contribution in [-0.2, 0) is 9.53 Å². The molecule has 0 saturated heterocycles. The Kier molecular flexibility index (Phi) is 3.27. The molecular formula is C19H11N3O3. The normalized spacial score (nSPS) is 21.1. The van der Waals surface area contributed by atoms with Crippen molar-refractivity contribution < 1.29 is 14.3 Å². The lowest BCUT2D eigenvalue weighted by Crippen LogP contribution is -2.40. The van der Waals surface area contributed by atoms with Crippen LogP contribution in [-0.4, -0.2) is 17.4 Å². The molecule has 1 spiro atoms. The van der Waals surface area contributed by atoms with Crippen LogP contribution in [0.5, 0.6) is 0 Å². The van der Waals surface area contributed by atoms with Gasteiger partial charge in [0.1, 0.15) is 5.70 Å². The van der Waals surface area contributed by atoms with Crippen LogP contribution in [0.1, 0.15) is 21.5 Å². The number of fused-ring (bicyclic) bond motifs is 1. The standard InChI is InChI=1S/C19H11N3O3/c20-22-21-16-15(13-7-2-1-3-8-13)19(25-18(16)24)11-10-12-6-4-5-9-14(12)17(19)23/h1-11H. The van der Waals surface area contributed by atoms with Crippen molar-refractivity contribution in [2.24, 2.45) is 5.11 Å². The van der Waals surface area contributed by atoms with Crippen LogP contribution in [0.3, 0.4) is 0 Å². The number of carbonyl (C=O) groups is 2. The van der Waals surface area contributed by atoms with Crippen LogP contribution in [0.2, 0.25) is 0 Å². The molecule has 4 rings (SSSR count). The van der Waals surface area contributed by atoms with E-state index >= 15 is 0 Å². The maximum absolute atomic E-state index is 13.2. The zero-order valence-electron chi connectivity index (χ0n) is 12.9. The number of ether oxygens (including phenoxy) is 1. The fraction of sp³-hybridized carbons (Fsp3) is 0.0526. The molecule has 25 heavy (non-hydrogen) atoms. The lowest BCUT2D eigenvalue weighted by atomic mass is 9.77. The highest BCUT2D eigenvalue weighted by atomic mass is 16.6. The topological polar surface area (TPSA) is 92.1 Å². The third-order valence-electron chi connectivity index (χ3n) is 4.30. The third-order valence-corrected chi connectivity index (χ3v) is 4.30. The van der Waals surface area contributed by atoms with E-state index in [1.165, 1.54) is 0 Å². The van der Waals surface area contributed by atoms with Gasteiger partial charge in [-0.2, -0.15) is 0 Å². The molecule has 1 atom stereocenters. The molecule has 1 aliphatic carbocycles. The second kappa shape index (κ2) is 5.47. The van der Waals surface area contributed by atoms with Crippen molar-refractivity contribution in [3.8, 4) is 0 Å². The molecule has 1 heterocycles. The minimum absolute atomic E-state index is 0.189. The van der Waals surface area contributed by atoms with Crippen LogP contribution in [0, 0.1) is 0 Å². The van der Waals surface area contributed by atoms with Crippen molar-refractivity contribution in [2.45, 2.75) is 5.60 Å². The van der Waals surface area contributed by atoms with Crippen molar-refractivity contribution in [3.05, 3.63) is 93.5 Å². The second-order valence-corrected chi connectivity index (χ2v) is 5.65. The molecule has 1 unspecified atom stereocenters. The van der Waals surface area contributed by atoms with Gasteiger partial charge in [-0.3, -0.25) is 4.79 Å². The molecule has 120 valence electrons. The summed E-state index contributed by atoms with van der Waals surface area (Å²) in [6.45, 7) is 0. The highest BCUT2D eigenvalue weighted by Crippen LogP contribution is 2.46. The predicted octanol–water partition coefficient (Wildman–Crippen LogP) is 3.91. The minimum Gasteiger partial charge on any atom is -0.438 e. The van der Waals surface area contributed by atoms with Gasteiger partial charge in [0, 0.05) is 16.0 Å². The molecule has 6 nitrogen and oxygen atoms in total. The van der Waals surface area contributed by atoms with Gasteiger partial charge in [0.25, 0.3) is 0 Å². The van der Waals surface area contributed by atoms with Crippen molar-refractivity contribution >= 4 is 23.4 Å². The minimum atomic E-state index is -1.61. The molecule has 0 amide bonds. The van der Waals surface area contributed by atoms with E-state index in [2.05, 4.69) is 10.0 Å².